The summed E-state index contributed by atoms with van der Waals surface area (Å²) in [7, 11) is 2.12. The summed E-state index contributed by atoms with van der Waals surface area (Å²) in [6, 6.07) is 9.92. The van der Waals surface area contributed by atoms with Crippen molar-refractivity contribution in [3.05, 3.63) is 53.5 Å². The topological polar surface area (TPSA) is 45.9 Å². The van der Waals surface area contributed by atoms with Crippen molar-refractivity contribution in [3.8, 4) is 5.75 Å². The fraction of sp³-hybridized carbons (Fsp3) is 0.476. The predicted molar refractivity (Wildman–Crippen MR) is 101 cm³/mol. The molecular formula is C21H28N2O3. The van der Waals surface area contributed by atoms with Gasteiger partial charge in [-0.05, 0) is 82.2 Å². The minimum atomic E-state index is 0.00850. The molecule has 0 radical (unpaired) electrons. The smallest absolute Gasteiger partial charge is 0.261 e. The molecule has 0 N–H and O–H groups in total. The molecule has 3 rings (SSSR count). The van der Waals surface area contributed by atoms with Gasteiger partial charge in [0.25, 0.3) is 5.91 Å². The molecule has 2 aromatic rings. The summed E-state index contributed by atoms with van der Waals surface area (Å²) < 4.78 is 11.3. The Kier molecular flexibility index (Phi) is 5.99. The zero-order valence-corrected chi connectivity index (χ0v) is 15.9. The molecule has 5 nitrogen and oxygen atoms in total. The van der Waals surface area contributed by atoms with E-state index in [1.807, 2.05) is 42.2 Å². The third-order valence-corrected chi connectivity index (χ3v) is 5.20. The SMILES string of the molecule is Cc1ccc(OCC(=O)N(Cc2ccco2)C2CCN(C)CC2)cc1C. The highest BCUT2D eigenvalue weighted by Gasteiger charge is 2.28. The van der Waals surface area contributed by atoms with Crippen molar-refractivity contribution in [1.29, 1.82) is 0 Å². The number of hydrogen-bond acceptors (Lipinski definition) is 4. The quantitative estimate of drug-likeness (QED) is 0.796. The molecule has 0 atom stereocenters. The number of hydrogen-bond donors (Lipinski definition) is 0. The van der Waals surface area contributed by atoms with Crippen LogP contribution in [0, 0.1) is 13.8 Å². The van der Waals surface area contributed by atoms with E-state index in [4.69, 9.17) is 9.15 Å². The molecule has 1 saturated heterocycles. The van der Waals surface area contributed by atoms with Crippen molar-refractivity contribution < 1.29 is 13.9 Å². The average Bonchev–Trinajstić information content (AvgIpc) is 3.14. The number of piperidine rings is 1. The van der Waals surface area contributed by atoms with E-state index in [1.165, 1.54) is 5.56 Å². The Balaban J connectivity index is 1.66. The molecular weight excluding hydrogens is 328 g/mol. The molecule has 5 heteroatoms. The number of aryl methyl sites for hydroxylation is 2. The lowest BCUT2D eigenvalue weighted by Crippen LogP contribution is -2.47. The molecule has 1 aromatic carbocycles. The highest BCUT2D eigenvalue weighted by Crippen LogP contribution is 2.20. The van der Waals surface area contributed by atoms with E-state index >= 15 is 0 Å². The zero-order valence-electron chi connectivity index (χ0n) is 15.9. The lowest BCUT2D eigenvalue weighted by atomic mass is 10.0. The van der Waals surface area contributed by atoms with Crippen molar-refractivity contribution in [3.63, 3.8) is 0 Å². The summed E-state index contributed by atoms with van der Waals surface area (Å²) in [6.45, 7) is 6.67. The molecule has 0 unspecified atom stereocenters. The number of furan rings is 1. The Bertz CT molecular complexity index is 719. The molecule has 1 amide bonds. The van der Waals surface area contributed by atoms with Gasteiger partial charge in [-0.2, -0.15) is 0 Å². The molecule has 1 aromatic heterocycles. The van der Waals surface area contributed by atoms with Gasteiger partial charge in [0.05, 0.1) is 12.8 Å². The van der Waals surface area contributed by atoms with Crippen LogP contribution in [0.15, 0.2) is 41.0 Å². The minimum Gasteiger partial charge on any atom is -0.484 e. The number of carbonyl (C=O) groups excluding carboxylic acids is 1. The molecule has 0 spiro atoms. The highest BCUT2D eigenvalue weighted by atomic mass is 16.5. The standard InChI is InChI=1S/C21H28N2O3/c1-16-6-7-19(13-17(16)2)26-15-21(24)23(14-20-5-4-12-25-20)18-8-10-22(3)11-9-18/h4-7,12-13,18H,8-11,14-15H2,1-3H3. The number of likely N-dealkylation sites (tertiary alicyclic amines) is 1. The van der Waals surface area contributed by atoms with E-state index in [1.54, 1.807) is 6.26 Å². The first-order valence-electron chi connectivity index (χ1n) is 9.23. The van der Waals surface area contributed by atoms with Crippen LogP contribution in [0.5, 0.6) is 5.75 Å². The van der Waals surface area contributed by atoms with Crippen LogP contribution in [0.2, 0.25) is 0 Å². The lowest BCUT2D eigenvalue weighted by Gasteiger charge is -2.37. The molecule has 26 heavy (non-hydrogen) atoms. The van der Waals surface area contributed by atoms with Gasteiger partial charge < -0.3 is 19.0 Å². The molecule has 2 heterocycles. The van der Waals surface area contributed by atoms with E-state index in [0.29, 0.717) is 6.54 Å². The van der Waals surface area contributed by atoms with Gasteiger partial charge in [0.1, 0.15) is 11.5 Å². The number of ether oxygens (including phenoxy) is 1. The number of amides is 1. The summed E-state index contributed by atoms with van der Waals surface area (Å²) in [4.78, 5) is 17.1. The summed E-state index contributed by atoms with van der Waals surface area (Å²) in [5.41, 5.74) is 2.38. The molecule has 1 fully saturated rings. The molecule has 1 aliphatic rings. The van der Waals surface area contributed by atoms with Crippen molar-refractivity contribution in [1.82, 2.24) is 9.80 Å². The fourth-order valence-electron chi connectivity index (χ4n) is 3.33. The second-order valence-electron chi connectivity index (χ2n) is 7.17. The van der Waals surface area contributed by atoms with Crippen molar-refractivity contribution >= 4 is 5.91 Å². The number of rotatable bonds is 6. The maximum atomic E-state index is 12.9. The Morgan fingerprint density at radius 1 is 1.23 bits per heavy atom. The van der Waals surface area contributed by atoms with Crippen LogP contribution in [-0.4, -0.2) is 48.5 Å². The lowest BCUT2D eigenvalue weighted by molar-refractivity contribution is -0.137. The zero-order chi connectivity index (χ0) is 18.5. The van der Waals surface area contributed by atoms with Crippen LogP contribution in [0.25, 0.3) is 0 Å². The molecule has 140 valence electrons. The first-order valence-corrected chi connectivity index (χ1v) is 9.23. The van der Waals surface area contributed by atoms with E-state index < -0.39 is 0 Å². The van der Waals surface area contributed by atoms with Gasteiger partial charge in [-0.3, -0.25) is 4.79 Å². The van der Waals surface area contributed by atoms with E-state index in [0.717, 1.165) is 43.0 Å². The van der Waals surface area contributed by atoms with Gasteiger partial charge in [-0.25, -0.2) is 0 Å². The minimum absolute atomic E-state index is 0.00850. The van der Waals surface area contributed by atoms with E-state index in [2.05, 4.69) is 18.9 Å². The van der Waals surface area contributed by atoms with Crippen LogP contribution < -0.4 is 4.74 Å². The number of benzene rings is 1. The summed E-state index contributed by atoms with van der Waals surface area (Å²) >= 11 is 0. The fourth-order valence-corrected chi connectivity index (χ4v) is 3.33. The Hall–Kier alpha value is -2.27. The number of carbonyl (C=O) groups is 1. The largest absolute Gasteiger partial charge is 0.484 e. The first kappa shape index (κ1) is 18.5. The second kappa shape index (κ2) is 8.41. The maximum absolute atomic E-state index is 12.9. The van der Waals surface area contributed by atoms with Gasteiger partial charge in [0.15, 0.2) is 6.61 Å². The summed E-state index contributed by atoms with van der Waals surface area (Å²) in [5, 5.41) is 0. The van der Waals surface area contributed by atoms with Crippen LogP contribution in [0.4, 0.5) is 0 Å². The van der Waals surface area contributed by atoms with Gasteiger partial charge in [-0.1, -0.05) is 6.07 Å². The highest BCUT2D eigenvalue weighted by molar-refractivity contribution is 5.78. The molecule has 0 aliphatic carbocycles. The monoisotopic (exact) mass is 356 g/mol. The van der Waals surface area contributed by atoms with Gasteiger partial charge >= 0.3 is 0 Å². The number of nitrogens with zero attached hydrogens (tertiary/aromatic N) is 2. The second-order valence-corrected chi connectivity index (χ2v) is 7.17. The third kappa shape index (κ3) is 4.67. The maximum Gasteiger partial charge on any atom is 0.261 e. The average molecular weight is 356 g/mol. The van der Waals surface area contributed by atoms with Crippen LogP contribution in [-0.2, 0) is 11.3 Å². The van der Waals surface area contributed by atoms with Crippen molar-refractivity contribution in [2.45, 2.75) is 39.3 Å². The van der Waals surface area contributed by atoms with E-state index in [9.17, 15) is 4.79 Å². The molecule has 1 aliphatic heterocycles. The van der Waals surface area contributed by atoms with Crippen LogP contribution >= 0.6 is 0 Å². The van der Waals surface area contributed by atoms with E-state index in [-0.39, 0.29) is 18.6 Å². The molecule has 0 bridgehead atoms. The molecule has 0 saturated carbocycles. The summed E-state index contributed by atoms with van der Waals surface area (Å²) in [5.74, 6) is 1.56. The summed E-state index contributed by atoms with van der Waals surface area (Å²) in [6.07, 6.45) is 3.61. The first-order chi connectivity index (χ1) is 12.5. The van der Waals surface area contributed by atoms with Crippen LogP contribution in [0.3, 0.4) is 0 Å². The van der Waals surface area contributed by atoms with Gasteiger partial charge in [0.2, 0.25) is 0 Å². The van der Waals surface area contributed by atoms with Gasteiger partial charge in [-0.15, -0.1) is 0 Å². The Labute approximate surface area is 155 Å². The predicted octanol–water partition coefficient (Wildman–Crippen LogP) is 3.40. The normalized spacial score (nSPS) is 15.8. The van der Waals surface area contributed by atoms with Gasteiger partial charge in [0, 0.05) is 6.04 Å². The van der Waals surface area contributed by atoms with Crippen LogP contribution in [0.1, 0.15) is 29.7 Å². The van der Waals surface area contributed by atoms with Crippen molar-refractivity contribution in [2.24, 2.45) is 0 Å². The van der Waals surface area contributed by atoms with Crippen molar-refractivity contribution in [2.75, 3.05) is 26.7 Å². The Morgan fingerprint density at radius 2 is 2.00 bits per heavy atom. The Morgan fingerprint density at radius 3 is 2.65 bits per heavy atom. The third-order valence-electron chi connectivity index (χ3n) is 5.20.